The molecule has 1 aliphatic rings. The second-order valence-corrected chi connectivity index (χ2v) is 6.05. The SMILES string of the molecule is CCOc1ccc(Oc2ccc(NC(=O)c3ccc4c(c3)OCO4)cc2)cc1. The molecular weight excluding hydrogens is 358 g/mol. The quantitative estimate of drug-likeness (QED) is 0.665. The minimum Gasteiger partial charge on any atom is -0.494 e. The van der Waals surface area contributed by atoms with Gasteiger partial charge in [0, 0.05) is 11.3 Å². The first kappa shape index (κ1) is 17.7. The van der Waals surface area contributed by atoms with E-state index in [0.717, 1.165) is 5.75 Å². The number of nitrogens with one attached hydrogen (secondary N) is 1. The highest BCUT2D eigenvalue weighted by molar-refractivity contribution is 6.04. The molecule has 6 heteroatoms. The van der Waals surface area contributed by atoms with Crippen molar-refractivity contribution in [1.82, 2.24) is 0 Å². The van der Waals surface area contributed by atoms with Crippen LogP contribution in [0.5, 0.6) is 28.7 Å². The highest BCUT2D eigenvalue weighted by Gasteiger charge is 2.16. The fourth-order valence-corrected chi connectivity index (χ4v) is 2.75. The first-order chi connectivity index (χ1) is 13.7. The Balaban J connectivity index is 1.38. The van der Waals surface area contributed by atoms with Crippen molar-refractivity contribution in [2.24, 2.45) is 0 Å². The summed E-state index contributed by atoms with van der Waals surface area (Å²) in [5.41, 5.74) is 1.17. The highest BCUT2D eigenvalue weighted by atomic mass is 16.7. The van der Waals surface area contributed by atoms with Crippen molar-refractivity contribution >= 4 is 11.6 Å². The largest absolute Gasteiger partial charge is 0.494 e. The van der Waals surface area contributed by atoms with Crippen molar-refractivity contribution in [2.75, 3.05) is 18.7 Å². The van der Waals surface area contributed by atoms with Gasteiger partial charge in [-0.05, 0) is 73.7 Å². The summed E-state index contributed by atoms with van der Waals surface area (Å²) in [6, 6.07) is 19.7. The predicted octanol–water partition coefficient (Wildman–Crippen LogP) is 4.86. The Kier molecular flexibility index (Phi) is 5.01. The van der Waals surface area contributed by atoms with Gasteiger partial charge in [-0.1, -0.05) is 0 Å². The van der Waals surface area contributed by atoms with Gasteiger partial charge in [0.25, 0.3) is 5.91 Å². The molecule has 0 aromatic heterocycles. The van der Waals surface area contributed by atoms with Gasteiger partial charge >= 0.3 is 0 Å². The van der Waals surface area contributed by atoms with Gasteiger partial charge in [-0.3, -0.25) is 4.79 Å². The molecule has 1 amide bonds. The Morgan fingerprint density at radius 3 is 2.25 bits per heavy atom. The Hall–Kier alpha value is -3.67. The zero-order valence-electron chi connectivity index (χ0n) is 15.3. The molecule has 0 saturated heterocycles. The lowest BCUT2D eigenvalue weighted by Crippen LogP contribution is -2.11. The number of ether oxygens (including phenoxy) is 4. The topological polar surface area (TPSA) is 66.0 Å². The van der Waals surface area contributed by atoms with Gasteiger partial charge in [0.2, 0.25) is 6.79 Å². The maximum Gasteiger partial charge on any atom is 0.255 e. The molecule has 0 atom stereocenters. The number of rotatable bonds is 6. The summed E-state index contributed by atoms with van der Waals surface area (Å²) < 4.78 is 21.8. The van der Waals surface area contributed by atoms with Crippen LogP contribution in [0.15, 0.2) is 66.7 Å². The van der Waals surface area contributed by atoms with Gasteiger partial charge in [-0.15, -0.1) is 0 Å². The fourth-order valence-electron chi connectivity index (χ4n) is 2.75. The van der Waals surface area contributed by atoms with E-state index in [1.165, 1.54) is 0 Å². The number of carbonyl (C=O) groups is 1. The fraction of sp³-hybridized carbons (Fsp3) is 0.136. The third-order valence-corrected chi connectivity index (χ3v) is 4.12. The van der Waals surface area contributed by atoms with Gasteiger partial charge in [-0.25, -0.2) is 0 Å². The molecular formula is C22H19NO5. The lowest BCUT2D eigenvalue weighted by molar-refractivity contribution is 0.102. The third kappa shape index (κ3) is 4.01. The van der Waals surface area contributed by atoms with Crippen molar-refractivity contribution in [3.05, 3.63) is 72.3 Å². The number of hydrogen-bond donors (Lipinski definition) is 1. The molecule has 3 aromatic rings. The summed E-state index contributed by atoms with van der Waals surface area (Å²) in [5, 5.41) is 2.85. The van der Waals surface area contributed by atoms with Crippen molar-refractivity contribution in [3.8, 4) is 28.7 Å². The van der Waals surface area contributed by atoms with Crippen LogP contribution in [0.2, 0.25) is 0 Å². The van der Waals surface area contributed by atoms with E-state index in [-0.39, 0.29) is 12.7 Å². The maximum atomic E-state index is 12.4. The second-order valence-electron chi connectivity index (χ2n) is 6.05. The number of benzene rings is 3. The standard InChI is InChI=1S/C22H19NO5/c1-2-25-17-8-10-19(11-9-17)28-18-6-4-16(5-7-18)23-22(24)15-3-12-20-21(13-15)27-14-26-20/h3-13H,2,14H2,1H3,(H,23,24). The lowest BCUT2D eigenvalue weighted by Gasteiger charge is -2.09. The summed E-state index contributed by atoms with van der Waals surface area (Å²) in [6.45, 7) is 2.74. The third-order valence-electron chi connectivity index (χ3n) is 4.12. The molecule has 0 fully saturated rings. The summed E-state index contributed by atoms with van der Waals surface area (Å²) in [4.78, 5) is 12.4. The Bertz CT molecular complexity index is 967. The molecule has 0 aliphatic carbocycles. The Morgan fingerprint density at radius 2 is 1.54 bits per heavy atom. The first-order valence-electron chi connectivity index (χ1n) is 8.93. The van der Waals surface area contributed by atoms with Crippen LogP contribution in [0, 0.1) is 0 Å². The minimum atomic E-state index is -0.224. The van der Waals surface area contributed by atoms with E-state index in [9.17, 15) is 4.79 Å². The van der Waals surface area contributed by atoms with Crippen LogP contribution in [0.3, 0.4) is 0 Å². The van der Waals surface area contributed by atoms with Crippen LogP contribution in [-0.2, 0) is 0 Å². The molecule has 0 spiro atoms. The molecule has 4 rings (SSSR count). The molecule has 1 aliphatic heterocycles. The van der Waals surface area contributed by atoms with Crippen molar-refractivity contribution in [1.29, 1.82) is 0 Å². The van der Waals surface area contributed by atoms with Crippen LogP contribution >= 0.6 is 0 Å². The lowest BCUT2D eigenvalue weighted by atomic mass is 10.2. The van der Waals surface area contributed by atoms with E-state index in [2.05, 4.69) is 5.32 Å². The van der Waals surface area contributed by atoms with Crippen molar-refractivity contribution < 1.29 is 23.7 Å². The molecule has 6 nitrogen and oxygen atoms in total. The molecule has 28 heavy (non-hydrogen) atoms. The van der Waals surface area contributed by atoms with E-state index in [4.69, 9.17) is 18.9 Å². The molecule has 1 N–H and O–H groups in total. The van der Waals surface area contributed by atoms with Crippen LogP contribution in [0.25, 0.3) is 0 Å². The molecule has 1 heterocycles. The summed E-state index contributed by atoms with van der Waals surface area (Å²) in [7, 11) is 0. The van der Waals surface area contributed by atoms with E-state index in [1.54, 1.807) is 42.5 Å². The molecule has 142 valence electrons. The minimum absolute atomic E-state index is 0.177. The van der Waals surface area contributed by atoms with Crippen molar-refractivity contribution in [2.45, 2.75) is 6.92 Å². The highest BCUT2D eigenvalue weighted by Crippen LogP contribution is 2.32. The zero-order chi connectivity index (χ0) is 19.3. The molecule has 3 aromatic carbocycles. The Labute approximate surface area is 162 Å². The van der Waals surface area contributed by atoms with Gasteiger partial charge in [0.15, 0.2) is 11.5 Å². The number of amides is 1. The van der Waals surface area contributed by atoms with E-state index in [1.807, 2.05) is 31.2 Å². The maximum absolute atomic E-state index is 12.4. The number of anilines is 1. The number of carbonyl (C=O) groups excluding carboxylic acids is 1. The normalized spacial score (nSPS) is 11.8. The molecule has 0 bridgehead atoms. The van der Waals surface area contributed by atoms with Gasteiger partial charge in [0.05, 0.1) is 6.61 Å². The molecule has 0 radical (unpaired) electrons. The molecule has 0 unspecified atom stereocenters. The first-order valence-corrected chi connectivity index (χ1v) is 8.93. The number of fused-ring (bicyclic) bond motifs is 1. The smallest absolute Gasteiger partial charge is 0.255 e. The average Bonchev–Trinajstić information content (AvgIpc) is 3.19. The second kappa shape index (κ2) is 7.92. The van der Waals surface area contributed by atoms with E-state index < -0.39 is 0 Å². The predicted molar refractivity (Wildman–Crippen MR) is 105 cm³/mol. The summed E-state index contributed by atoms with van der Waals surface area (Å²) in [5.74, 6) is 3.18. The summed E-state index contributed by atoms with van der Waals surface area (Å²) >= 11 is 0. The van der Waals surface area contributed by atoms with Gasteiger partial charge < -0.3 is 24.3 Å². The molecule has 0 saturated carbocycles. The van der Waals surface area contributed by atoms with Crippen molar-refractivity contribution in [3.63, 3.8) is 0 Å². The average molecular weight is 377 g/mol. The van der Waals surface area contributed by atoms with Crippen LogP contribution in [0.1, 0.15) is 17.3 Å². The van der Waals surface area contributed by atoms with E-state index in [0.29, 0.717) is 40.9 Å². The van der Waals surface area contributed by atoms with Crippen LogP contribution in [0.4, 0.5) is 5.69 Å². The van der Waals surface area contributed by atoms with Crippen LogP contribution in [-0.4, -0.2) is 19.3 Å². The van der Waals surface area contributed by atoms with Crippen LogP contribution < -0.4 is 24.3 Å². The Morgan fingerprint density at radius 1 is 0.893 bits per heavy atom. The van der Waals surface area contributed by atoms with E-state index >= 15 is 0 Å². The van der Waals surface area contributed by atoms with Gasteiger partial charge in [0.1, 0.15) is 17.2 Å². The van der Waals surface area contributed by atoms with Gasteiger partial charge in [-0.2, -0.15) is 0 Å². The monoisotopic (exact) mass is 377 g/mol. The summed E-state index contributed by atoms with van der Waals surface area (Å²) in [6.07, 6.45) is 0. The number of hydrogen-bond acceptors (Lipinski definition) is 5. The zero-order valence-corrected chi connectivity index (χ0v) is 15.3.